The van der Waals surface area contributed by atoms with Crippen LogP contribution in [0.5, 0.6) is 5.75 Å². The number of hydrogen-bond acceptors (Lipinski definition) is 2. The minimum atomic E-state index is -4.74. The van der Waals surface area contributed by atoms with Gasteiger partial charge in [-0.3, -0.25) is 0 Å². The van der Waals surface area contributed by atoms with Gasteiger partial charge in [-0.2, -0.15) is 0 Å². The molecule has 0 aliphatic rings. The third kappa shape index (κ3) is 3.86. The molecule has 0 radical (unpaired) electrons. The maximum Gasteiger partial charge on any atom is 0.573 e. The van der Waals surface area contributed by atoms with E-state index in [0.717, 1.165) is 10.0 Å². The van der Waals surface area contributed by atoms with E-state index in [1.807, 2.05) is 19.1 Å². The first-order valence-corrected chi connectivity index (χ1v) is 8.51. The van der Waals surface area contributed by atoms with Gasteiger partial charge in [0.2, 0.25) is 0 Å². The molecule has 0 saturated carbocycles. The van der Waals surface area contributed by atoms with Crippen LogP contribution in [-0.4, -0.2) is 11.3 Å². The number of rotatable bonds is 2. The highest BCUT2D eigenvalue weighted by molar-refractivity contribution is 9.10. The lowest BCUT2D eigenvalue weighted by Gasteiger charge is -2.13. The van der Waals surface area contributed by atoms with Crippen LogP contribution in [0.15, 0.2) is 40.9 Å². The highest BCUT2D eigenvalue weighted by Gasteiger charge is 2.31. The molecule has 0 atom stereocenters. The maximum absolute atomic E-state index is 12.3. The lowest BCUT2D eigenvalue weighted by atomic mass is 10.0. The molecule has 3 rings (SSSR count). The van der Waals surface area contributed by atoms with Gasteiger partial charge in [0.1, 0.15) is 10.9 Å². The van der Waals surface area contributed by atoms with Crippen molar-refractivity contribution >= 4 is 50.0 Å². The zero-order valence-corrected chi connectivity index (χ0v) is 15.7. The number of hydrogen-bond donors (Lipinski definition) is 0. The number of benzene rings is 2. The van der Waals surface area contributed by atoms with Gasteiger partial charge < -0.3 is 4.74 Å². The molecule has 25 heavy (non-hydrogen) atoms. The van der Waals surface area contributed by atoms with Gasteiger partial charge in [0.25, 0.3) is 0 Å². The topological polar surface area (TPSA) is 22.1 Å². The van der Waals surface area contributed by atoms with E-state index in [-0.39, 0.29) is 10.9 Å². The predicted octanol–water partition coefficient (Wildman–Crippen LogP) is 7.18. The Hall–Kier alpha value is -1.50. The fourth-order valence-electron chi connectivity index (χ4n) is 2.50. The second-order valence-electron chi connectivity index (χ2n) is 5.28. The van der Waals surface area contributed by atoms with Gasteiger partial charge in [0, 0.05) is 15.4 Å². The van der Waals surface area contributed by atoms with Crippen molar-refractivity contribution in [1.82, 2.24) is 4.98 Å². The summed E-state index contributed by atoms with van der Waals surface area (Å²) in [6.07, 6.45) is -4.74. The summed E-state index contributed by atoms with van der Waals surface area (Å²) >= 11 is 16.2. The first-order valence-electron chi connectivity index (χ1n) is 6.97. The second-order valence-corrected chi connectivity index (χ2v) is 6.93. The van der Waals surface area contributed by atoms with Crippen molar-refractivity contribution in [3.05, 3.63) is 56.6 Å². The van der Waals surface area contributed by atoms with Crippen molar-refractivity contribution in [3.63, 3.8) is 0 Å². The highest BCUT2D eigenvalue weighted by Crippen LogP contribution is 2.40. The Morgan fingerprint density at radius 3 is 2.32 bits per heavy atom. The SMILES string of the molecule is Cc1cc(Br)cc2c(Cl)c(-c3ccc(OC(F)(F)F)cc3)c(Cl)nc12. The molecule has 1 aromatic heterocycles. The Morgan fingerprint density at radius 2 is 1.72 bits per heavy atom. The van der Waals surface area contributed by atoms with E-state index < -0.39 is 6.36 Å². The van der Waals surface area contributed by atoms with E-state index in [2.05, 4.69) is 25.7 Å². The van der Waals surface area contributed by atoms with E-state index in [1.54, 1.807) is 0 Å². The second kappa shape index (κ2) is 6.67. The minimum Gasteiger partial charge on any atom is -0.406 e. The molecule has 0 fully saturated rings. The summed E-state index contributed by atoms with van der Waals surface area (Å²) in [7, 11) is 0. The number of nitrogens with zero attached hydrogens (tertiary/aromatic N) is 1. The van der Waals surface area contributed by atoms with Crippen molar-refractivity contribution in [1.29, 1.82) is 0 Å². The number of aromatic nitrogens is 1. The summed E-state index contributed by atoms with van der Waals surface area (Å²) in [5, 5.41) is 1.25. The molecule has 0 bridgehead atoms. The van der Waals surface area contributed by atoms with E-state index in [9.17, 15) is 13.2 Å². The average Bonchev–Trinajstić information content (AvgIpc) is 2.49. The predicted molar refractivity (Wildman–Crippen MR) is 96.3 cm³/mol. The molecule has 0 aliphatic heterocycles. The molecule has 0 saturated heterocycles. The van der Waals surface area contributed by atoms with Crippen LogP contribution in [0.2, 0.25) is 10.2 Å². The molecule has 130 valence electrons. The molecule has 0 unspecified atom stereocenters. The minimum absolute atomic E-state index is 0.174. The molecule has 8 heteroatoms. The van der Waals surface area contributed by atoms with Gasteiger partial charge in [-0.15, -0.1) is 13.2 Å². The first-order chi connectivity index (χ1) is 11.7. The van der Waals surface area contributed by atoms with Crippen molar-refractivity contribution in [3.8, 4) is 16.9 Å². The van der Waals surface area contributed by atoms with Crippen LogP contribution < -0.4 is 4.74 Å². The van der Waals surface area contributed by atoms with Crippen LogP contribution in [-0.2, 0) is 0 Å². The average molecular weight is 451 g/mol. The van der Waals surface area contributed by atoms with Crippen LogP contribution in [0.3, 0.4) is 0 Å². The zero-order chi connectivity index (χ0) is 18.4. The molecular formula is C17H9BrCl2F3NO. The van der Waals surface area contributed by atoms with E-state index >= 15 is 0 Å². The van der Waals surface area contributed by atoms with Gasteiger partial charge in [-0.05, 0) is 42.3 Å². The molecule has 2 nitrogen and oxygen atoms in total. The number of fused-ring (bicyclic) bond motifs is 1. The summed E-state index contributed by atoms with van der Waals surface area (Å²) in [4.78, 5) is 4.38. The standard InChI is InChI=1S/C17H9BrCl2F3NO/c1-8-6-10(18)7-12-14(19)13(16(20)24-15(8)12)9-2-4-11(5-3-9)25-17(21,22)23/h2-7H,1H3. The quantitative estimate of drug-likeness (QED) is 0.386. The molecule has 0 N–H and O–H groups in total. The van der Waals surface area contributed by atoms with Crippen LogP contribution in [0, 0.1) is 6.92 Å². The van der Waals surface area contributed by atoms with E-state index in [1.165, 1.54) is 24.3 Å². The number of pyridine rings is 1. The van der Waals surface area contributed by atoms with E-state index in [4.69, 9.17) is 23.2 Å². The van der Waals surface area contributed by atoms with Crippen molar-refractivity contribution < 1.29 is 17.9 Å². The number of halogens is 6. The van der Waals surface area contributed by atoms with Crippen LogP contribution in [0.1, 0.15) is 5.56 Å². The smallest absolute Gasteiger partial charge is 0.406 e. The summed E-state index contributed by atoms with van der Waals surface area (Å²) in [5.74, 6) is -0.323. The molecule has 0 aliphatic carbocycles. The molecule has 0 spiro atoms. The monoisotopic (exact) mass is 449 g/mol. The Balaban J connectivity index is 2.12. The Morgan fingerprint density at radius 1 is 1.08 bits per heavy atom. The van der Waals surface area contributed by atoms with Crippen molar-refractivity contribution in [2.75, 3.05) is 0 Å². The van der Waals surface area contributed by atoms with Crippen LogP contribution in [0.25, 0.3) is 22.0 Å². The van der Waals surface area contributed by atoms with Crippen LogP contribution >= 0.6 is 39.1 Å². The largest absolute Gasteiger partial charge is 0.573 e. The zero-order valence-electron chi connectivity index (χ0n) is 12.6. The third-order valence-corrected chi connectivity index (χ3v) is 4.64. The lowest BCUT2D eigenvalue weighted by Crippen LogP contribution is -2.16. The molecule has 3 aromatic rings. The third-order valence-electron chi connectivity index (χ3n) is 3.51. The van der Waals surface area contributed by atoms with E-state index in [0.29, 0.717) is 27.1 Å². The Labute approximate surface area is 159 Å². The van der Waals surface area contributed by atoms with Crippen LogP contribution in [0.4, 0.5) is 13.2 Å². The van der Waals surface area contributed by atoms with Gasteiger partial charge >= 0.3 is 6.36 Å². The Bertz CT molecular complexity index is 959. The van der Waals surface area contributed by atoms with Gasteiger partial charge in [0.15, 0.2) is 0 Å². The summed E-state index contributed by atoms with van der Waals surface area (Å²) < 4.78 is 41.5. The maximum atomic E-state index is 12.3. The van der Waals surface area contributed by atoms with Gasteiger partial charge in [-0.1, -0.05) is 51.3 Å². The Kier molecular flexibility index (Phi) is 4.88. The number of aryl methyl sites for hydroxylation is 1. The molecule has 1 heterocycles. The lowest BCUT2D eigenvalue weighted by molar-refractivity contribution is -0.274. The fraction of sp³-hybridized carbons (Fsp3) is 0.118. The first kappa shape index (κ1) is 18.3. The molecule has 0 amide bonds. The fourth-order valence-corrected chi connectivity index (χ4v) is 3.75. The summed E-state index contributed by atoms with van der Waals surface area (Å²) in [6.45, 7) is 1.88. The molecule has 2 aromatic carbocycles. The number of ether oxygens (including phenoxy) is 1. The van der Waals surface area contributed by atoms with Gasteiger partial charge in [-0.25, -0.2) is 4.98 Å². The summed E-state index contributed by atoms with van der Waals surface area (Å²) in [6, 6.07) is 9.01. The van der Waals surface area contributed by atoms with Gasteiger partial charge in [0.05, 0.1) is 10.5 Å². The van der Waals surface area contributed by atoms with Crippen molar-refractivity contribution in [2.45, 2.75) is 13.3 Å². The summed E-state index contributed by atoms with van der Waals surface area (Å²) in [5.41, 5.74) is 2.55. The highest BCUT2D eigenvalue weighted by atomic mass is 79.9. The molecular weight excluding hydrogens is 442 g/mol. The van der Waals surface area contributed by atoms with Crippen molar-refractivity contribution in [2.24, 2.45) is 0 Å². The number of alkyl halides is 3. The normalized spacial score (nSPS) is 11.8.